The molecular weight excluding hydrogens is 426 g/mol. The third kappa shape index (κ3) is 4.48. The molecule has 1 heterocycles. The fourth-order valence-electron chi connectivity index (χ4n) is 4.49. The van der Waals surface area contributed by atoms with E-state index in [1.807, 2.05) is 17.0 Å². The fourth-order valence-corrected chi connectivity index (χ4v) is 5.96. The molecule has 0 radical (unpaired) electrons. The highest BCUT2D eigenvalue weighted by Crippen LogP contribution is 2.27. The number of aryl methyl sites for hydroxylation is 2. The number of carbonyl (C=O) groups is 2. The number of sulfonamides is 1. The Morgan fingerprint density at radius 3 is 2.38 bits per heavy atom. The molecule has 1 saturated heterocycles. The molecule has 1 aliphatic carbocycles. The lowest BCUT2D eigenvalue weighted by Crippen LogP contribution is -2.53. The number of benzene rings is 2. The molecule has 2 aromatic rings. The van der Waals surface area contributed by atoms with Crippen molar-refractivity contribution in [1.29, 1.82) is 0 Å². The largest absolute Gasteiger partial charge is 0.324 e. The molecule has 170 valence electrons. The van der Waals surface area contributed by atoms with Crippen LogP contribution < -0.4 is 5.32 Å². The summed E-state index contributed by atoms with van der Waals surface area (Å²) in [6, 6.07) is 12.0. The first kappa shape index (κ1) is 22.6. The third-order valence-electron chi connectivity index (χ3n) is 6.47. The number of amides is 1. The number of piperazine rings is 1. The normalized spacial score (nSPS) is 18.2. The molecule has 2 aromatic carbocycles. The topological polar surface area (TPSA) is 86.8 Å². The number of nitrogens with zero attached hydrogens (tertiary/aromatic N) is 2. The van der Waals surface area contributed by atoms with Crippen molar-refractivity contribution in [3.63, 3.8) is 0 Å². The van der Waals surface area contributed by atoms with E-state index in [9.17, 15) is 18.0 Å². The summed E-state index contributed by atoms with van der Waals surface area (Å²) in [5.74, 6) is -0.326. The van der Waals surface area contributed by atoms with Gasteiger partial charge in [0.05, 0.1) is 16.6 Å². The first-order chi connectivity index (χ1) is 15.3. The number of hydrogen-bond donors (Lipinski definition) is 1. The lowest BCUT2D eigenvalue weighted by molar-refractivity contribution is -0.121. The van der Waals surface area contributed by atoms with Gasteiger partial charge in [0, 0.05) is 31.7 Å². The van der Waals surface area contributed by atoms with E-state index in [0.29, 0.717) is 42.3 Å². The summed E-state index contributed by atoms with van der Waals surface area (Å²) in [5.41, 5.74) is 3.36. The zero-order valence-corrected chi connectivity index (χ0v) is 19.3. The molecule has 1 N–H and O–H groups in total. The van der Waals surface area contributed by atoms with Gasteiger partial charge in [-0.05, 0) is 68.5 Å². The lowest BCUT2D eigenvalue weighted by Gasteiger charge is -2.36. The van der Waals surface area contributed by atoms with Gasteiger partial charge < -0.3 is 5.32 Å². The second kappa shape index (κ2) is 9.13. The summed E-state index contributed by atoms with van der Waals surface area (Å²) < 4.78 is 27.8. The molecule has 1 fully saturated rings. The Morgan fingerprint density at radius 2 is 1.66 bits per heavy atom. The summed E-state index contributed by atoms with van der Waals surface area (Å²) in [7, 11) is -3.55. The molecule has 0 bridgehead atoms. The lowest BCUT2D eigenvalue weighted by atomic mass is 10.1. The number of nitrogens with one attached hydrogen (secondary N) is 1. The van der Waals surface area contributed by atoms with Gasteiger partial charge in [0.25, 0.3) is 0 Å². The molecular formula is C24H29N3O4S. The number of anilines is 1. The van der Waals surface area contributed by atoms with Crippen molar-refractivity contribution < 1.29 is 18.0 Å². The second-order valence-corrected chi connectivity index (χ2v) is 10.4. The van der Waals surface area contributed by atoms with Crippen molar-refractivity contribution in [2.24, 2.45) is 0 Å². The zero-order valence-electron chi connectivity index (χ0n) is 18.5. The van der Waals surface area contributed by atoms with Crippen molar-refractivity contribution in [1.82, 2.24) is 9.21 Å². The maximum Gasteiger partial charge on any atom is 0.243 e. The maximum absolute atomic E-state index is 13.1. The SMILES string of the molecule is CC(=O)c1ccccc1NC(=O)[C@@H](C)N1CCN(S(=O)(=O)c2ccc3c(c2)CCC3)CC1. The van der Waals surface area contributed by atoms with Crippen LogP contribution in [0.5, 0.6) is 0 Å². The van der Waals surface area contributed by atoms with Gasteiger partial charge in [-0.15, -0.1) is 0 Å². The van der Waals surface area contributed by atoms with Crippen LogP contribution in [0.25, 0.3) is 0 Å². The molecule has 7 nitrogen and oxygen atoms in total. The van der Waals surface area contributed by atoms with Gasteiger partial charge in [-0.3, -0.25) is 14.5 Å². The van der Waals surface area contributed by atoms with E-state index >= 15 is 0 Å². The van der Waals surface area contributed by atoms with Gasteiger partial charge in [-0.25, -0.2) is 8.42 Å². The van der Waals surface area contributed by atoms with E-state index in [2.05, 4.69) is 5.32 Å². The average Bonchev–Trinajstić information content (AvgIpc) is 3.27. The van der Waals surface area contributed by atoms with Crippen molar-refractivity contribution in [2.75, 3.05) is 31.5 Å². The van der Waals surface area contributed by atoms with E-state index in [-0.39, 0.29) is 11.7 Å². The van der Waals surface area contributed by atoms with Crippen molar-refractivity contribution in [3.8, 4) is 0 Å². The quantitative estimate of drug-likeness (QED) is 0.677. The Morgan fingerprint density at radius 1 is 0.969 bits per heavy atom. The number of ketones is 1. The van der Waals surface area contributed by atoms with E-state index in [1.165, 1.54) is 16.8 Å². The third-order valence-corrected chi connectivity index (χ3v) is 8.37. The number of rotatable bonds is 6. The first-order valence-corrected chi connectivity index (χ1v) is 12.5. The van der Waals surface area contributed by atoms with Crippen LogP contribution in [-0.4, -0.2) is 61.5 Å². The van der Waals surface area contributed by atoms with E-state index < -0.39 is 16.1 Å². The monoisotopic (exact) mass is 455 g/mol. The summed E-state index contributed by atoms with van der Waals surface area (Å²) in [6.07, 6.45) is 3.03. The van der Waals surface area contributed by atoms with Gasteiger partial charge in [0.2, 0.25) is 15.9 Å². The van der Waals surface area contributed by atoms with Gasteiger partial charge in [0.15, 0.2) is 5.78 Å². The van der Waals surface area contributed by atoms with Crippen LogP contribution in [0, 0.1) is 0 Å². The van der Waals surface area contributed by atoms with Crippen LogP contribution in [0.15, 0.2) is 47.4 Å². The number of fused-ring (bicyclic) bond motifs is 1. The van der Waals surface area contributed by atoms with Crippen LogP contribution in [0.1, 0.15) is 41.8 Å². The van der Waals surface area contributed by atoms with Crippen LogP contribution in [0.2, 0.25) is 0 Å². The van der Waals surface area contributed by atoms with Crippen LogP contribution in [0.3, 0.4) is 0 Å². The molecule has 1 amide bonds. The van der Waals surface area contributed by atoms with Crippen LogP contribution >= 0.6 is 0 Å². The van der Waals surface area contributed by atoms with Gasteiger partial charge in [-0.2, -0.15) is 4.31 Å². The van der Waals surface area contributed by atoms with Crippen molar-refractivity contribution in [3.05, 3.63) is 59.2 Å². The second-order valence-electron chi connectivity index (χ2n) is 8.49. The van der Waals surface area contributed by atoms with Crippen molar-refractivity contribution in [2.45, 2.75) is 44.0 Å². The summed E-state index contributed by atoms with van der Waals surface area (Å²) >= 11 is 0. The van der Waals surface area contributed by atoms with Gasteiger partial charge in [0.1, 0.15) is 0 Å². The molecule has 4 rings (SSSR count). The Bertz CT molecular complexity index is 1140. The molecule has 1 aliphatic heterocycles. The molecule has 8 heteroatoms. The fraction of sp³-hybridized carbons (Fsp3) is 0.417. The van der Waals surface area contributed by atoms with E-state index in [0.717, 1.165) is 24.8 Å². The maximum atomic E-state index is 13.1. The first-order valence-electron chi connectivity index (χ1n) is 11.0. The molecule has 2 aliphatic rings. The Kier molecular flexibility index (Phi) is 6.46. The zero-order chi connectivity index (χ0) is 22.9. The minimum atomic E-state index is -3.55. The number of carbonyl (C=O) groups excluding carboxylic acids is 2. The predicted octanol–water partition coefficient (Wildman–Crippen LogP) is 2.71. The Hall–Kier alpha value is -2.55. The Balaban J connectivity index is 1.39. The summed E-state index contributed by atoms with van der Waals surface area (Å²) in [5, 5.41) is 2.85. The summed E-state index contributed by atoms with van der Waals surface area (Å²) in [6.45, 7) is 4.87. The highest BCUT2D eigenvalue weighted by Gasteiger charge is 2.32. The molecule has 0 spiro atoms. The van der Waals surface area contributed by atoms with Gasteiger partial charge in [-0.1, -0.05) is 18.2 Å². The molecule has 1 atom stereocenters. The molecule has 32 heavy (non-hydrogen) atoms. The molecule has 0 aromatic heterocycles. The van der Waals surface area contributed by atoms with E-state index in [1.54, 1.807) is 37.3 Å². The van der Waals surface area contributed by atoms with Crippen LogP contribution in [-0.2, 0) is 27.7 Å². The highest BCUT2D eigenvalue weighted by molar-refractivity contribution is 7.89. The van der Waals surface area contributed by atoms with Crippen molar-refractivity contribution >= 4 is 27.4 Å². The predicted molar refractivity (Wildman–Crippen MR) is 123 cm³/mol. The number of hydrogen-bond acceptors (Lipinski definition) is 5. The smallest absolute Gasteiger partial charge is 0.243 e. The number of para-hydroxylation sites is 1. The minimum Gasteiger partial charge on any atom is -0.324 e. The average molecular weight is 456 g/mol. The summed E-state index contributed by atoms with van der Waals surface area (Å²) in [4.78, 5) is 26.9. The van der Waals surface area contributed by atoms with Gasteiger partial charge >= 0.3 is 0 Å². The molecule has 0 unspecified atom stereocenters. The highest BCUT2D eigenvalue weighted by atomic mass is 32.2. The van der Waals surface area contributed by atoms with Crippen LogP contribution in [0.4, 0.5) is 5.69 Å². The minimum absolute atomic E-state index is 0.112. The molecule has 0 saturated carbocycles. The number of Topliss-reactive ketones (excluding diaryl/α,β-unsaturated/α-hetero) is 1. The standard InChI is InChI=1S/C24H29N3O4S/c1-17(24(29)25-23-9-4-3-8-22(23)18(2)28)26-12-14-27(15-13-26)32(30,31)21-11-10-19-6-5-7-20(19)16-21/h3-4,8-11,16-17H,5-7,12-15H2,1-2H3,(H,25,29)/t17-/m1/s1. The Labute approximate surface area is 189 Å². The van der Waals surface area contributed by atoms with E-state index in [4.69, 9.17) is 0 Å².